The van der Waals surface area contributed by atoms with E-state index in [0.29, 0.717) is 60.0 Å². The Morgan fingerprint density at radius 2 is 0.820 bits per heavy atom. The second-order valence-corrected chi connectivity index (χ2v) is 38.3. The summed E-state index contributed by atoms with van der Waals surface area (Å²) in [5.74, 6) is -10.2. The average molecular weight is 1910 g/mol. The minimum Gasteiger partial charge on any atom is -0.478 e. The van der Waals surface area contributed by atoms with Gasteiger partial charge in [-0.15, -0.1) is 0 Å². The summed E-state index contributed by atoms with van der Waals surface area (Å²) in [6, 6.07) is 27.7. The molecule has 6 N–H and O–H groups in total. The molecule has 139 heavy (non-hydrogen) atoms. The maximum Gasteiger partial charge on any atom is 0.328 e. The maximum absolute atomic E-state index is 15.6. The zero-order valence-corrected chi connectivity index (χ0v) is 78.4. The Balaban J connectivity index is 0.000000141. The quantitative estimate of drug-likeness (QED) is 0.0272. The number of aromatic nitrogens is 7. The van der Waals surface area contributed by atoms with Crippen LogP contribution in [-0.4, -0.2) is 166 Å². The molecule has 4 aliphatic rings. The SMILES string of the molecule is CC(C)CN1C(C)Cc2c(ccc3[nH]ncc23)C1c1c(F)cc(/C=C/C(=O)O)cc1F.CC1Cc2c(oc3ccc(-c4cccnc4)cc23)C(c2c(F)cc(/C=C/C(=O)O)cc2F)N1CC(C)(C)F.CC1Cc2c(oc3ccc(-c4cnn(C)c4)cc23)C(c2c(F)cc(/C=C/C(=O)O)cc2F)N1CC(C)(C)F.CC1Cc2cc3[nH]ncc3cc2C(c2c(F)cc(/C=C/C(=O)O)cc2F)N1CC(C)(C)F. The van der Waals surface area contributed by atoms with Gasteiger partial charge in [0, 0.05) is 166 Å². The van der Waals surface area contributed by atoms with Gasteiger partial charge in [0.25, 0.3) is 0 Å². The second-order valence-electron chi connectivity index (χ2n) is 38.3. The first-order valence-electron chi connectivity index (χ1n) is 45.3. The Kier molecular flexibility index (Phi) is 28.8. The molecule has 0 spiro atoms. The molecule has 14 aromatic rings. The molecular weight excluding hydrogens is 1810 g/mol. The minimum absolute atomic E-state index is 0.0104. The number of aliphatic carboxylic acids is 4. The van der Waals surface area contributed by atoms with Crippen LogP contribution in [0.4, 0.5) is 48.3 Å². The van der Waals surface area contributed by atoms with Crippen molar-refractivity contribution in [3.8, 4) is 22.3 Å². The van der Waals surface area contributed by atoms with E-state index in [1.54, 1.807) is 50.4 Å². The molecule has 0 saturated heterocycles. The fourth-order valence-electron chi connectivity index (χ4n) is 19.6. The Labute approximate surface area is 793 Å². The Morgan fingerprint density at radius 3 is 1.22 bits per heavy atom. The molecule has 8 atom stereocenters. The molecule has 724 valence electrons. The summed E-state index contributed by atoms with van der Waals surface area (Å²) < 4.78 is 183. The molecule has 8 unspecified atom stereocenters. The summed E-state index contributed by atoms with van der Waals surface area (Å²) in [5, 5.41) is 57.1. The van der Waals surface area contributed by atoms with Crippen LogP contribution in [0.5, 0.6) is 0 Å². The number of furan rings is 2. The standard InChI is InChI=1S/C30H27F3N2O3.C29H28F3N3O3.C24H24F3N3O2.C24H25F2N3O2/c1-17-11-22-21-14-19(20-5-4-10-34-15-20)7-8-25(21)38-29(22)28(35(17)16-30(2,3)33)27-23(31)12-18(13-24(27)32)6-9-26(36)37;1-16-9-21-20-12-18(19-13-33-34(4)14-19)6-7-24(20)38-28(21)27(35(16)15-29(2,3)32)26-22(30)10-17(11-23(26)31)5-8-25(36)37;1-13-6-15-10-20-16(11-28-29-20)9-17(15)23(30(13)12-24(2,3)27)22-18(25)7-14(8-19(22)26)4-5-21(31)32;1-13(2)12-29-14(3)8-17-16(5-6-21-18(17)11-27-28-21)24(29)23-19(25)9-15(10-20(23)26)4-7-22(30)31/h4-10,12-15,17,28H,11,16H2,1-3H3,(H,36,37);5-8,10-14,16,27H,9,15H2,1-4H3,(H,36,37);4-5,7-11,13,23H,6,12H2,1-3H3,(H,28,29)(H,31,32);4-7,9-11,13-14,24H,8,12H2,1-3H3,(H,27,28)(H,30,31)/b9-6+;8-5+;5-4+;7-4+. The number of fused-ring (bicyclic) bond motifs is 11. The van der Waals surface area contributed by atoms with E-state index in [1.807, 2.05) is 107 Å². The van der Waals surface area contributed by atoms with Gasteiger partial charge in [0.05, 0.1) is 41.7 Å². The summed E-state index contributed by atoms with van der Waals surface area (Å²) >= 11 is 0. The van der Waals surface area contributed by atoms with E-state index in [0.717, 1.165) is 168 Å². The number of carboxylic acids is 4. The van der Waals surface area contributed by atoms with Gasteiger partial charge in [0.1, 0.15) is 98.3 Å². The second kappa shape index (κ2) is 40.2. The summed E-state index contributed by atoms with van der Waals surface area (Å²) in [5.41, 5.74) is 6.59. The minimum atomic E-state index is -1.64. The molecule has 0 amide bonds. The number of benzene rings is 8. The molecule has 32 heteroatoms. The van der Waals surface area contributed by atoms with E-state index >= 15 is 35.1 Å². The molecule has 0 radical (unpaired) electrons. The highest BCUT2D eigenvalue weighted by atomic mass is 19.2. The molecule has 0 bridgehead atoms. The lowest BCUT2D eigenvalue weighted by Crippen LogP contribution is -2.48. The van der Waals surface area contributed by atoms with Crippen molar-refractivity contribution in [1.29, 1.82) is 0 Å². The van der Waals surface area contributed by atoms with Crippen molar-refractivity contribution in [2.75, 3.05) is 26.2 Å². The van der Waals surface area contributed by atoms with Crippen molar-refractivity contribution in [2.45, 2.75) is 174 Å². The lowest BCUT2D eigenvalue weighted by Gasteiger charge is -2.44. The third-order valence-electron chi connectivity index (χ3n) is 25.3. The number of alkyl halides is 3. The van der Waals surface area contributed by atoms with E-state index in [-0.39, 0.29) is 88.3 Å². The smallest absolute Gasteiger partial charge is 0.328 e. The van der Waals surface area contributed by atoms with E-state index < -0.39 is 112 Å². The highest BCUT2D eigenvalue weighted by Gasteiger charge is 2.47. The van der Waals surface area contributed by atoms with E-state index in [4.69, 9.17) is 29.3 Å². The molecule has 0 fully saturated rings. The Hall–Kier alpha value is -14.0. The predicted molar refractivity (Wildman–Crippen MR) is 509 cm³/mol. The van der Waals surface area contributed by atoms with E-state index in [2.05, 4.69) is 56.1 Å². The lowest BCUT2D eigenvalue weighted by molar-refractivity contribution is -0.132. The summed E-state index contributed by atoms with van der Waals surface area (Å²) in [6.45, 7) is 21.1. The molecule has 8 aromatic carbocycles. The van der Waals surface area contributed by atoms with E-state index in [1.165, 1.54) is 59.8 Å². The highest BCUT2D eigenvalue weighted by Crippen LogP contribution is 2.51. The monoisotopic (exact) mass is 1910 g/mol. The first-order valence-corrected chi connectivity index (χ1v) is 45.3. The Morgan fingerprint density at radius 1 is 0.432 bits per heavy atom. The number of pyridine rings is 1. The predicted octanol–water partition coefficient (Wildman–Crippen LogP) is 23.2. The normalized spacial score (nSPS) is 18.9. The first-order chi connectivity index (χ1) is 65.7. The van der Waals surface area contributed by atoms with Crippen molar-refractivity contribution in [3.63, 3.8) is 0 Å². The van der Waals surface area contributed by atoms with Gasteiger partial charge in [0.2, 0.25) is 0 Å². The third kappa shape index (κ3) is 22.1. The largest absolute Gasteiger partial charge is 0.478 e. The number of carbonyl (C=O) groups is 4. The number of nitrogens with one attached hydrogen (secondary N) is 2. The van der Waals surface area contributed by atoms with Crippen LogP contribution in [0.15, 0.2) is 192 Å². The van der Waals surface area contributed by atoms with Crippen molar-refractivity contribution in [1.82, 2.24) is 54.8 Å². The number of H-pyrrole nitrogens is 2. The number of rotatable bonds is 22. The molecule has 4 aliphatic heterocycles. The maximum atomic E-state index is 15.6. The van der Waals surface area contributed by atoms with Crippen LogP contribution in [0, 0.1) is 52.5 Å². The molecule has 18 rings (SSSR count). The molecule has 0 saturated carbocycles. The van der Waals surface area contributed by atoms with Crippen molar-refractivity contribution < 1.29 is 96.7 Å². The van der Waals surface area contributed by atoms with Gasteiger partial charge in [-0.2, -0.15) is 15.3 Å². The number of hydrogen-bond donors (Lipinski definition) is 6. The van der Waals surface area contributed by atoms with Gasteiger partial charge in [-0.1, -0.05) is 38.1 Å². The highest BCUT2D eigenvalue weighted by molar-refractivity contribution is 5.92. The number of aromatic amines is 2. The lowest BCUT2D eigenvalue weighted by atomic mass is 9.82. The Bertz CT molecular complexity index is 7070. The van der Waals surface area contributed by atoms with Gasteiger partial charge in [-0.3, -0.25) is 39.5 Å². The van der Waals surface area contributed by atoms with Crippen LogP contribution in [0.3, 0.4) is 0 Å². The molecular formula is C107H104F11N11O10. The molecule has 6 aromatic heterocycles. The van der Waals surface area contributed by atoms with Gasteiger partial charge >= 0.3 is 23.9 Å². The van der Waals surface area contributed by atoms with Gasteiger partial charge in [-0.25, -0.2) is 67.5 Å². The van der Waals surface area contributed by atoms with Crippen LogP contribution < -0.4 is 0 Å². The number of carboxylic acid groups (broad SMARTS) is 4. The van der Waals surface area contributed by atoms with Crippen molar-refractivity contribution in [3.05, 3.63) is 319 Å². The number of nitrogens with zero attached hydrogens (tertiary/aromatic N) is 9. The topological polar surface area (TPSA) is 277 Å². The molecule has 21 nitrogen and oxygen atoms in total. The van der Waals surface area contributed by atoms with Crippen LogP contribution in [0.2, 0.25) is 0 Å². The summed E-state index contributed by atoms with van der Waals surface area (Å²) in [7, 11) is 1.83. The fraction of sp³-hybridized carbons (Fsp3) is 0.308. The number of hydrogen-bond acceptors (Lipinski definition) is 14. The zero-order valence-electron chi connectivity index (χ0n) is 78.4. The molecule has 0 aliphatic carbocycles. The number of halogens is 11. The van der Waals surface area contributed by atoms with Gasteiger partial charge < -0.3 is 29.3 Å². The van der Waals surface area contributed by atoms with Gasteiger partial charge in [0.15, 0.2) is 0 Å². The van der Waals surface area contributed by atoms with Crippen LogP contribution in [0.25, 0.3) is 90.3 Å². The average Bonchev–Trinajstić information content (AvgIpc) is 1.63. The zero-order chi connectivity index (χ0) is 100. The third-order valence-corrected chi connectivity index (χ3v) is 25.3. The summed E-state index contributed by atoms with van der Waals surface area (Å²) in [6.07, 6.45) is 20.8. The van der Waals surface area contributed by atoms with E-state index in [9.17, 15) is 32.3 Å². The first kappa shape index (κ1) is 99.5. The van der Waals surface area contributed by atoms with Crippen LogP contribution in [-0.2, 0) is 51.9 Å². The van der Waals surface area contributed by atoms with Crippen molar-refractivity contribution >= 4 is 91.9 Å². The molecule has 10 heterocycles. The van der Waals surface area contributed by atoms with Crippen LogP contribution in [0.1, 0.15) is 197 Å². The van der Waals surface area contributed by atoms with Crippen molar-refractivity contribution in [2.24, 2.45) is 13.0 Å². The van der Waals surface area contributed by atoms with Crippen LogP contribution >= 0.6 is 0 Å². The summed E-state index contributed by atoms with van der Waals surface area (Å²) in [4.78, 5) is 54.9. The number of aryl methyl sites for hydroxylation is 1. The fourth-order valence-corrected chi connectivity index (χ4v) is 19.6. The van der Waals surface area contributed by atoms with Gasteiger partial charge in [-0.05, 0) is 278 Å².